The van der Waals surface area contributed by atoms with E-state index >= 15 is 0 Å². The molecule has 1 unspecified atom stereocenters. The second-order valence-corrected chi connectivity index (χ2v) is 5.15. The van der Waals surface area contributed by atoms with Crippen molar-refractivity contribution in [3.63, 3.8) is 0 Å². The third-order valence-electron chi connectivity index (χ3n) is 3.66. The van der Waals surface area contributed by atoms with Gasteiger partial charge in [-0.1, -0.05) is 31.2 Å². The van der Waals surface area contributed by atoms with Crippen molar-refractivity contribution < 1.29 is 14.7 Å². The molecule has 1 amide bonds. The molecule has 1 atom stereocenters. The number of nitrogens with two attached hydrogens (primary N) is 1. The molecule has 0 radical (unpaired) electrons. The van der Waals surface area contributed by atoms with E-state index in [9.17, 15) is 9.59 Å². The lowest BCUT2D eigenvalue weighted by Gasteiger charge is -2.23. The molecule has 20 heavy (non-hydrogen) atoms. The molecule has 0 fully saturated rings. The van der Waals surface area contributed by atoms with Gasteiger partial charge in [0.05, 0.1) is 11.8 Å². The average molecular weight is 278 g/mol. The van der Waals surface area contributed by atoms with Gasteiger partial charge in [0.2, 0.25) is 5.91 Å². The Morgan fingerprint density at radius 1 is 1.30 bits per heavy atom. The molecule has 1 aromatic rings. The van der Waals surface area contributed by atoms with Gasteiger partial charge < -0.3 is 16.2 Å². The molecular weight excluding hydrogens is 256 g/mol. The number of benzene rings is 1. The van der Waals surface area contributed by atoms with Crippen molar-refractivity contribution in [2.24, 2.45) is 11.1 Å². The summed E-state index contributed by atoms with van der Waals surface area (Å²) in [4.78, 5) is 23.1. The third kappa shape index (κ3) is 4.06. The Morgan fingerprint density at radius 2 is 1.90 bits per heavy atom. The van der Waals surface area contributed by atoms with Gasteiger partial charge in [-0.2, -0.15) is 0 Å². The molecule has 0 bridgehead atoms. The Hall–Kier alpha value is -1.88. The van der Waals surface area contributed by atoms with Gasteiger partial charge in [0.15, 0.2) is 0 Å². The van der Waals surface area contributed by atoms with E-state index in [1.54, 1.807) is 13.8 Å². The number of carbonyl (C=O) groups is 2. The van der Waals surface area contributed by atoms with Crippen LogP contribution in [0.5, 0.6) is 0 Å². The summed E-state index contributed by atoms with van der Waals surface area (Å²) in [5, 5.41) is 11.8. The summed E-state index contributed by atoms with van der Waals surface area (Å²) in [5.74, 6) is -1.09. The summed E-state index contributed by atoms with van der Waals surface area (Å²) in [5.41, 5.74) is 6.50. The molecule has 110 valence electrons. The molecule has 1 aromatic carbocycles. The van der Waals surface area contributed by atoms with Crippen molar-refractivity contribution in [2.45, 2.75) is 33.2 Å². The number of carboxylic acid groups (broad SMARTS) is 1. The fourth-order valence-corrected chi connectivity index (χ4v) is 1.81. The Balaban J connectivity index is 2.62. The first-order chi connectivity index (χ1) is 9.42. The van der Waals surface area contributed by atoms with E-state index in [0.29, 0.717) is 13.0 Å². The van der Waals surface area contributed by atoms with Gasteiger partial charge in [0.25, 0.3) is 0 Å². The van der Waals surface area contributed by atoms with Gasteiger partial charge in [-0.05, 0) is 24.5 Å². The Morgan fingerprint density at radius 3 is 2.40 bits per heavy atom. The van der Waals surface area contributed by atoms with Crippen molar-refractivity contribution >= 4 is 11.9 Å². The third-order valence-corrected chi connectivity index (χ3v) is 3.66. The highest BCUT2D eigenvalue weighted by molar-refractivity contribution is 5.80. The van der Waals surface area contributed by atoms with Crippen LogP contribution in [0.25, 0.3) is 0 Å². The molecule has 0 aliphatic rings. The van der Waals surface area contributed by atoms with Crippen LogP contribution in [0.3, 0.4) is 0 Å². The maximum Gasteiger partial charge on any atom is 0.311 e. The first kappa shape index (κ1) is 16.2. The van der Waals surface area contributed by atoms with Gasteiger partial charge in [-0.15, -0.1) is 0 Å². The van der Waals surface area contributed by atoms with Crippen LogP contribution in [0.1, 0.15) is 31.4 Å². The monoisotopic (exact) mass is 278 g/mol. The molecule has 5 heteroatoms. The van der Waals surface area contributed by atoms with Gasteiger partial charge >= 0.3 is 5.97 Å². The van der Waals surface area contributed by atoms with Crippen molar-refractivity contribution in [1.82, 2.24) is 5.32 Å². The molecule has 0 spiro atoms. The van der Waals surface area contributed by atoms with Crippen molar-refractivity contribution in [3.8, 4) is 0 Å². The fourth-order valence-electron chi connectivity index (χ4n) is 1.81. The molecule has 0 heterocycles. The number of hydrogen-bond donors (Lipinski definition) is 3. The number of hydrogen-bond acceptors (Lipinski definition) is 3. The van der Waals surface area contributed by atoms with Gasteiger partial charge in [0, 0.05) is 13.1 Å². The van der Waals surface area contributed by atoms with Crippen molar-refractivity contribution in [3.05, 3.63) is 35.4 Å². The van der Waals surface area contributed by atoms with E-state index in [0.717, 1.165) is 11.1 Å². The molecule has 4 N–H and O–H groups in total. The highest BCUT2D eigenvalue weighted by Crippen LogP contribution is 2.20. The molecule has 0 aromatic heterocycles. The summed E-state index contributed by atoms with van der Waals surface area (Å²) < 4.78 is 0. The summed E-state index contributed by atoms with van der Waals surface area (Å²) in [6, 6.07) is 7.48. The van der Waals surface area contributed by atoms with Crippen molar-refractivity contribution in [2.75, 3.05) is 6.54 Å². The quantitative estimate of drug-likeness (QED) is 0.701. The number of aliphatic carboxylic acids is 1. The number of carboxylic acids is 1. The zero-order chi connectivity index (χ0) is 15.2. The maximum absolute atomic E-state index is 11.9. The van der Waals surface area contributed by atoms with E-state index in [1.807, 2.05) is 24.3 Å². The van der Waals surface area contributed by atoms with Crippen LogP contribution in [0.2, 0.25) is 0 Å². The SMILES string of the molecule is CCC(C)(CNC(=O)Cc1ccccc1CN)C(=O)O. The largest absolute Gasteiger partial charge is 0.481 e. The summed E-state index contributed by atoms with van der Waals surface area (Å²) in [7, 11) is 0. The first-order valence-corrected chi connectivity index (χ1v) is 6.70. The molecule has 5 nitrogen and oxygen atoms in total. The van der Waals surface area contributed by atoms with Gasteiger partial charge in [0.1, 0.15) is 0 Å². The standard InChI is InChI=1S/C15H22N2O3/c1-3-15(2,14(19)20)10-17-13(18)8-11-6-4-5-7-12(11)9-16/h4-7H,3,8-10,16H2,1-2H3,(H,17,18)(H,19,20). The molecule has 0 aliphatic heterocycles. The highest BCUT2D eigenvalue weighted by atomic mass is 16.4. The smallest absolute Gasteiger partial charge is 0.311 e. The maximum atomic E-state index is 11.9. The van der Waals surface area contributed by atoms with Crippen LogP contribution in [0.15, 0.2) is 24.3 Å². The van der Waals surface area contributed by atoms with E-state index in [-0.39, 0.29) is 18.9 Å². The zero-order valence-electron chi connectivity index (χ0n) is 12.0. The normalized spacial score (nSPS) is 13.6. The summed E-state index contributed by atoms with van der Waals surface area (Å²) in [6.45, 7) is 3.93. The van der Waals surface area contributed by atoms with Crippen molar-refractivity contribution in [1.29, 1.82) is 0 Å². The number of amides is 1. The van der Waals surface area contributed by atoms with Crippen LogP contribution in [-0.2, 0) is 22.6 Å². The minimum atomic E-state index is -0.928. The first-order valence-electron chi connectivity index (χ1n) is 6.70. The van der Waals surface area contributed by atoms with Gasteiger partial charge in [-0.3, -0.25) is 9.59 Å². The van der Waals surface area contributed by atoms with Crippen LogP contribution >= 0.6 is 0 Å². The van der Waals surface area contributed by atoms with Gasteiger partial charge in [-0.25, -0.2) is 0 Å². The van der Waals surface area contributed by atoms with E-state index in [2.05, 4.69) is 5.32 Å². The summed E-state index contributed by atoms with van der Waals surface area (Å²) in [6.07, 6.45) is 0.675. The molecule has 0 aliphatic carbocycles. The second kappa shape index (κ2) is 7.05. The van der Waals surface area contributed by atoms with E-state index < -0.39 is 11.4 Å². The van der Waals surface area contributed by atoms with E-state index in [4.69, 9.17) is 10.8 Å². The lowest BCUT2D eigenvalue weighted by molar-refractivity contribution is -0.148. The minimum absolute atomic E-state index is 0.127. The number of nitrogens with one attached hydrogen (secondary N) is 1. The summed E-state index contributed by atoms with van der Waals surface area (Å²) >= 11 is 0. The molecular formula is C15H22N2O3. The predicted molar refractivity (Wildman–Crippen MR) is 77.1 cm³/mol. The highest BCUT2D eigenvalue weighted by Gasteiger charge is 2.31. The minimum Gasteiger partial charge on any atom is -0.481 e. The second-order valence-electron chi connectivity index (χ2n) is 5.15. The predicted octanol–water partition coefficient (Wildman–Crippen LogP) is 1.30. The average Bonchev–Trinajstić information content (AvgIpc) is 2.45. The fraction of sp³-hybridized carbons (Fsp3) is 0.467. The Kier molecular flexibility index (Phi) is 5.70. The topological polar surface area (TPSA) is 92.4 Å². The number of rotatable bonds is 7. The lowest BCUT2D eigenvalue weighted by atomic mass is 9.87. The zero-order valence-corrected chi connectivity index (χ0v) is 12.0. The van der Waals surface area contributed by atoms with Crippen LogP contribution < -0.4 is 11.1 Å². The Labute approximate surface area is 119 Å². The van der Waals surface area contributed by atoms with Crippen LogP contribution in [-0.4, -0.2) is 23.5 Å². The molecule has 0 saturated heterocycles. The molecule has 0 saturated carbocycles. The van der Waals surface area contributed by atoms with E-state index in [1.165, 1.54) is 0 Å². The van der Waals surface area contributed by atoms with Crippen LogP contribution in [0, 0.1) is 5.41 Å². The van der Waals surface area contributed by atoms with Crippen LogP contribution in [0.4, 0.5) is 0 Å². The number of carbonyl (C=O) groups excluding carboxylic acids is 1. The molecule has 1 rings (SSSR count). The lowest BCUT2D eigenvalue weighted by Crippen LogP contribution is -2.41. The Bertz CT molecular complexity index is 488.